The molecule has 0 saturated heterocycles. The topological polar surface area (TPSA) is 83.5 Å². The highest BCUT2D eigenvalue weighted by molar-refractivity contribution is 7.89. The third-order valence-electron chi connectivity index (χ3n) is 3.36. The average Bonchev–Trinajstić information content (AvgIpc) is 2.54. The Balaban J connectivity index is 2.35. The van der Waals surface area contributed by atoms with Crippen LogP contribution in [-0.4, -0.2) is 25.5 Å². The zero-order valence-corrected chi connectivity index (χ0v) is 13.5. The van der Waals surface area contributed by atoms with E-state index in [2.05, 4.69) is 0 Å². The van der Waals surface area contributed by atoms with Gasteiger partial charge in [0.1, 0.15) is 6.04 Å². The van der Waals surface area contributed by atoms with Crippen LogP contribution >= 0.6 is 0 Å². The Bertz CT molecular complexity index is 851. The summed E-state index contributed by atoms with van der Waals surface area (Å²) in [6.07, 6.45) is -5.09. The molecule has 0 radical (unpaired) electrons. The van der Waals surface area contributed by atoms with Crippen LogP contribution in [0.15, 0.2) is 59.5 Å². The van der Waals surface area contributed by atoms with E-state index in [0.29, 0.717) is 11.6 Å². The van der Waals surface area contributed by atoms with Crippen molar-refractivity contribution in [2.24, 2.45) is 0 Å². The second kappa shape index (κ2) is 7.24. The van der Waals surface area contributed by atoms with Gasteiger partial charge in [0.2, 0.25) is 10.0 Å². The zero-order valence-electron chi connectivity index (χ0n) is 12.7. The summed E-state index contributed by atoms with van der Waals surface area (Å²) in [6, 6.07) is 10.2. The Kier molecular flexibility index (Phi) is 5.48. The van der Waals surface area contributed by atoms with Crippen molar-refractivity contribution >= 4 is 16.0 Å². The Hall–Kier alpha value is -2.39. The second-order valence-corrected chi connectivity index (χ2v) is 6.88. The van der Waals surface area contributed by atoms with Crippen LogP contribution in [0.5, 0.6) is 0 Å². The van der Waals surface area contributed by atoms with Gasteiger partial charge in [-0.25, -0.2) is 8.42 Å². The van der Waals surface area contributed by atoms with Gasteiger partial charge < -0.3 is 5.11 Å². The monoisotopic (exact) mass is 373 g/mol. The number of benzene rings is 2. The average molecular weight is 373 g/mol. The highest BCUT2D eigenvalue weighted by Crippen LogP contribution is 2.33. The Morgan fingerprint density at radius 2 is 1.60 bits per heavy atom. The molecule has 0 heterocycles. The standard InChI is InChI=1S/C16H14F3NO4S/c17-16(18,19)12-8-4-5-9-14(12)25(23,24)20-13(15(21)22)10-11-6-2-1-3-7-11/h1-9,13,20H,10H2,(H,21,22)/t13-/m1/s1. The molecule has 0 unspecified atom stereocenters. The van der Waals surface area contributed by atoms with Crippen molar-refractivity contribution in [2.75, 3.05) is 0 Å². The summed E-state index contributed by atoms with van der Waals surface area (Å²) in [5.74, 6) is -1.49. The molecule has 0 spiro atoms. The van der Waals surface area contributed by atoms with Crippen LogP contribution in [0.1, 0.15) is 11.1 Å². The van der Waals surface area contributed by atoms with Crippen molar-refractivity contribution in [3.8, 4) is 0 Å². The Morgan fingerprint density at radius 1 is 1.04 bits per heavy atom. The summed E-state index contributed by atoms with van der Waals surface area (Å²) in [6.45, 7) is 0. The van der Waals surface area contributed by atoms with Gasteiger partial charge >= 0.3 is 12.1 Å². The molecule has 0 aromatic heterocycles. The van der Waals surface area contributed by atoms with Crippen molar-refractivity contribution in [2.45, 2.75) is 23.5 Å². The largest absolute Gasteiger partial charge is 0.480 e. The predicted molar refractivity (Wildman–Crippen MR) is 83.3 cm³/mol. The van der Waals surface area contributed by atoms with Crippen molar-refractivity contribution in [1.82, 2.24) is 4.72 Å². The SMILES string of the molecule is O=C(O)[C@@H](Cc1ccccc1)NS(=O)(=O)c1ccccc1C(F)(F)F. The fourth-order valence-corrected chi connectivity index (χ4v) is 3.63. The van der Waals surface area contributed by atoms with E-state index in [1.807, 2.05) is 4.72 Å². The molecule has 2 rings (SSSR count). The molecule has 0 amide bonds. The van der Waals surface area contributed by atoms with Gasteiger partial charge in [0.15, 0.2) is 0 Å². The van der Waals surface area contributed by atoms with Crippen LogP contribution < -0.4 is 4.72 Å². The number of alkyl halides is 3. The summed E-state index contributed by atoms with van der Waals surface area (Å²) in [4.78, 5) is 10.3. The predicted octanol–water partition coefficient (Wildman–Crippen LogP) is 2.68. The zero-order chi connectivity index (χ0) is 18.7. The van der Waals surface area contributed by atoms with Crippen molar-refractivity contribution in [3.05, 3.63) is 65.7 Å². The van der Waals surface area contributed by atoms with Crippen LogP contribution in [0, 0.1) is 0 Å². The minimum absolute atomic E-state index is 0.205. The molecule has 0 bridgehead atoms. The van der Waals surface area contributed by atoms with E-state index in [4.69, 9.17) is 0 Å². The van der Waals surface area contributed by atoms with Gasteiger partial charge in [-0.3, -0.25) is 4.79 Å². The molecule has 9 heteroatoms. The molecule has 0 saturated carbocycles. The number of hydrogen-bond donors (Lipinski definition) is 2. The van der Waals surface area contributed by atoms with Crippen molar-refractivity contribution in [3.63, 3.8) is 0 Å². The third-order valence-corrected chi connectivity index (χ3v) is 4.89. The van der Waals surface area contributed by atoms with Gasteiger partial charge in [-0.1, -0.05) is 42.5 Å². The molecule has 1 atom stereocenters. The number of hydrogen-bond acceptors (Lipinski definition) is 3. The number of carbonyl (C=O) groups is 1. The van der Waals surface area contributed by atoms with Gasteiger partial charge in [0.25, 0.3) is 0 Å². The highest BCUT2D eigenvalue weighted by Gasteiger charge is 2.38. The lowest BCUT2D eigenvalue weighted by Crippen LogP contribution is -2.42. The van der Waals surface area contributed by atoms with Gasteiger partial charge in [0, 0.05) is 0 Å². The summed E-state index contributed by atoms with van der Waals surface area (Å²) in [7, 11) is -4.69. The summed E-state index contributed by atoms with van der Waals surface area (Å²) in [5, 5.41) is 9.22. The molecule has 2 N–H and O–H groups in total. The summed E-state index contributed by atoms with van der Waals surface area (Å²) >= 11 is 0. The molecule has 2 aromatic carbocycles. The van der Waals surface area contributed by atoms with Crippen molar-refractivity contribution in [1.29, 1.82) is 0 Å². The normalized spacial score (nSPS) is 13.4. The number of carboxylic acid groups (broad SMARTS) is 1. The highest BCUT2D eigenvalue weighted by atomic mass is 32.2. The first kappa shape index (κ1) is 18.9. The molecule has 25 heavy (non-hydrogen) atoms. The van der Waals surface area contributed by atoms with Crippen LogP contribution in [-0.2, 0) is 27.4 Å². The quantitative estimate of drug-likeness (QED) is 0.816. The maximum Gasteiger partial charge on any atom is 0.417 e. The molecule has 0 aliphatic carbocycles. The lowest BCUT2D eigenvalue weighted by atomic mass is 10.1. The molecular weight excluding hydrogens is 359 g/mol. The Morgan fingerprint density at radius 3 is 2.16 bits per heavy atom. The molecule has 0 fully saturated rings. The third kappa shape index (κ3) is 4.80. The van der Waals surface area contributed by atoms with Gasteiger partial charge in [-0.05, 0) is 24.1 Å². The molecule has 5 nitrogen and oxygen atoms in total. The van der Waals surface area contributed by atoms with E-state index in [0.717, 1.165) is 18.2 Å². The number of carboxylic acids is 1. The van der Waals surface area contributed by atoms with Crippen LogP contribution in [0.4, 0.5) is 13.2 Å². The van der Waals surface area contributed by atoms with E-state index in [1.54, 1.807) is 30.3 Å². The Labute approximate surface area is 142 Å². The first-order valence-corrected chi connectivity index (χ1v) is 8.55. The van der Waals surface area contributed by atoms with Gasteiger partial charge in [0.05, 0.1) is 10.5 Å². The summed E-state index contributed by atoms with van der Waals surface area (Å²) < 4.78 is 65.5. The minimum atomic E-state index is -4.89. The fourth-order valence-electron chi connectivity index (χ4n) is 2.22. The summed E-state index contributed by atoms with van der Waals surface area (Å²) in [5.41, 5.74) is -0.826. The first-order chi connectivity index (χ1) is 11.6. The number of nitrogens with one attached hydrogen (secondary N) is 1. The van der Waals surface area contributed by atoms with Crippen LogP contribution in [0.25, 0.3) is 0 Å². The maximum atomic E-state index is 13.0. The smallest absolute Gasteiger partial charge is 0.417 e. The number of halogens is 3. The van der Waals surface area contributed by atoms with E-state index >= 15 is 0 Å². The van der Waals surface area contributed by atoms with Crippen LogP contribution in [0.2, 0.25) is 0 Å². The van der Waals surface area contributed by atoms with Gasteiger partial charge in [-0.15, -0.1) is 0 Å². The molecular formula is C16H14F3NO4S. The van der Waals surface area contributed by atoms with Crippen molar-refractivity contribution < 1.29 is 31.5 Å². The fraction of sp³-hybridized carbons (Fsp3) is 0.188. The van der Waals surface area contributed by atoms with Crippen LogP contribution in [0.3, 0.4) is 0 Å². The molecule has 0 aliphatic rings. The first-order valence-electron chi connectivity index (χ1n) is 7.06. The second-order valence-electron chi connectivity index (χ2n) is 5.20. The maximum absolute atomic E-state index is 13.0. The number of aliphatic carboxylic acids is 1. The number of sulfonamides is 1. The minimum Gasteiger partial charge on any atom is -0.480 e. The van der Waals surface area contributed by atoms with E-state index in [9.17, 15) is 31.5 Å². The molecule has 0 aliphatic heterocycles. The molecule has 2 aromatic rings. The van der Waals surface area contributed by atoms with Gasteiger partial charge in [-0.2, -0.15) is 17.9 Å². The van der Waals surface area contributed by atoms with E-state index in [-0.39, 0.29) is 6.42 Å². The van der Waals surface area contributed by atoms with E-state index in [1.165, 1.54) is 0 Å². The lowest BCUT2D eigenvalue weighted by Gasteiger charge is -2.17. The number of rotatable bonds is 6. The molecule has 134 valence electrons. The van der Waals surface area contributed by atoms with E-state index < -0.39 is 38.7 Å². The lowest BCUT2D eigenvalue weighted by molar-refractivity contribution is -0.140.